The number of halogens is 3. The molecular formula is C16H11F3N4O. The zero-order chi connectivity index (χ0) is 17.3. The van der Waals surface area contributed by atoms with Gasteiger partial charge in [-0.05, 0) is 17.2 Å². The van der Waals surface area contributed by atoms with Gasteiger partial charge in [-0.1, -0.05) is 42.5 Å². The van der Waals surface area contributed by atoms with Crippen LogP contribution >= 0.6 is 0 Å². The van der Waals surface area contributed by atoms with E-state index in [2.05, 4.69) is 10.1 Å². The molecule has 0 fully saturated rings. The highest BCUT2D eigenvalue weighted by Gasteiger charge is 2.38. The molecule has 0 unspecified atom stereocenters. The van der Waals surface area contributed by atoms with E-state index in [1.165, 1.54) is 18.2 Å². The molecule has 2 N–H and O–H groups in total. The lowest BCUT2D eigenvalue weighted by atomic mass is 9.97. The zero-order valence-corrected chi connectivity index (χ0v) is 12.2. The number of hydrogen-bond donors (Lipinski definition) is 1. The van der Waals surface area contributed by atoms with Gasteiger partial charge < -0.3 is 5.73 Å². The highest BCUT2D eigenvalue weighted by Crippen LogP contribution is 2.40. The van der Waals surface area contributed by atoms with Crippen molar-refractivity contribution in [3.63, 3.8) is 0 Å². The maximum Gasteiger partial charge on any atom is 0.419 e. The number of alkyl halides is 3. The van der Waals surface area contributed by atoms with Gasteiger partial charge in [0.1, 0.15) is 6.33 Å². The van der Waals surface area contributed by atoms with Crippen LogP contribution in [0.2, 0.25) is 0 Å². The van der Waals surface area contributed by atoms with Crippen molar-refractivity contribution in [1.82, 2.24) is 14.8 Å². The standard InChI is InChI=1S/C16H11F3N4O/c17-16(18,19)13-11(10-5-2-1-3-6-10)7-4-8-12(13)23-15(14(20)24)21-9-22-23/h1-9H,(H2,20,24). The summed E-state index contributed by atoms with van der Waals surface area (Å²) in [6.45, 7) is 0. The molecule has 0 radical (unpaired) electrons. The lowest BCUT2D eigenvalue weighted by Gasteiger charge is -2.18. The van der Waals surface area contributed by atoms with Gasteiger partial charge in [0.05, 0.1) is 11.3 Å². The smallest absolute Gasteiger partial charge is 0.363 e. The van der Waals surface area contributed by atoms with Gasteiger partial charge >= 0.3 is 6.18 Å². The van der Waals surface area contributed by atoms with E-state index in [1.54, 1.807) is 30.3 Å². The first-order valence-corrected chi connectivity index (χ1v) is 6.85. The Kier molecular flexibility index (Phi) is 3.80. The number of nitrogens with zero attached hydrogens (tertiary/aromatic N) is 3. The van der Waals surface area contributed by atoms with E-state index in [4.69, 9.17) is 5.73 Å². The Bertz CT molecular complexity index is 888. The summed E-state index contributed by atoms with van der Waals surface area (Å²) in [5.74, 6) is -1.34. The summed E-state index contributed by atoms with van der Waals surface area (Å²) in [7, 11) is 0. The van der Waals surface area contributed by atoms with Crippen molar-refractivity contribution in [1.29, 1.82) is 0 Å². The molecule has 0 aliphatic carbocycles. The molecule has 0 saturated carbocycles. The number of rotatable bonds is 3. The average Bonchev–Trinajstić information content (AvgIpc) is 3.04. The van der Waals surface area contributed by atoms with E-state index in [0.29, 0.717) is 5.56 Å². The van der Waals surface area contributed by atoms with Crippen LogP contribution in [0.5, 0.6) is 0 Å². The van der Waals surface area contributed by atoms with Gasteiger partial charge in [-0.15, -0.1) is 0 Å². The maximum atomic E-state index is 13.7. The first-order valence-electron chi connectivity index (χ1n) is 6.85. The number of primary amides is 1. The fraction of sp³-hybridized carbons (Fsp3) is 0.0625. The molecule has 1 aromatic heterocycles. The number of hydrogen-bond acceptors (Lipinski definition) is 3. The van der Waals surface area contributed by atoms with Crippen LogP contribution in [0.1, 0.15) is 16.2 Å². The van der Waals surface area contributed by atoms with Crippen LogP contribution in [-0.2, 0) is 6.18 Å². The molecule has 2 aromatic carbocycles. The number of carbonyl (C=O) groups is 1. The number of nitrogens with two attached hydrogens (primary N) is 1. The Balaban J connectivity index is 2.32. The van der Waals surface area contributed by atoms with Crippen molar-refractivity contribution >= 4 is 5.91 Å². The largest absolute Gasteiger partial charge is 0.419 e. The van der Waals surface area contributed by atoms with E-state index in [0.717, 1.165) is 11.0 Å². The molecule has 3 rings (SSSR count). The molecule has 8 heteroatoms. The van der Waals surface area contributed by atoms with E-state index in [1.807, 2.05) is 0 Å². The van der Waals surface area contributed by atoms with Crippen molar-refractivity contribution < 1.29 is 18.0 Å². The Labute approximate surface area is 134 Å². The molecule has 0 saturated heterocycles. The zero-order valence-electron chi connectivity index (χ0n) is 12.2. The van der Waals surface area contributed by atoms with E-state index in [9.17, 15) is 18.0 Å². The van der Waals surface area contributed by atoms with Gasteiger partial charge in [0.15, 0.2) is 0 Å². The third kappa shape index (κ3) is 2.73. The molecule has 5 nitrogen and oxygen atoms in total. The predicted octanol–water partition coefficient (Wildman–Crippen LogP) is 3.05. The SMILES string of the molecule is NC(=O)c1ncnn1-c1cccc(-c2ccccc2)c1C(F)(F)F. The predicted molar refractivity (Wildman–Crippen MR) is 80.3 cm³/mol. The summed E-state index contributed by atoms with van der Waals surface area (Å²) in [5, 5.41) is 3.72. The van der Waals surface area contributed by atoms with Gasteiger partial charge in [-0.25, -0.2) is 9.67 Å². The minimum atomic E-state index is -4.66. The topological polar surface area (TPSA) is 73.8 Å². The molecule has 24 heavy (non-hydrogen) atoms. The summed E-state index contributed by atoms with van der Waals surface area (Å²) in [6.07, 6.45) is -3.68. The Morgan fingerprint density at radius 1 is 1.04 bits per heavy atom. The molecule has 1 amide bonds. The van der Waals surface area contributed by atoms with Gasteiger partial charge in [-0.3, -0.25) is 4.79 Å². The van der Waals surface area contributed by atoms with Crippen molar-refractivity contribution in [3.8, 4) is 16.8 Å². The first kappa shape index (κ1) is 15.7. The quantitative estimate of drug-likeness (QED) is 0.801. The van der Waals surface area contributed by atoms with E-state index >= 15 is 0 Å². The van der Waals surface area contributed by atoms with Crippen LogP contribution < -0.4 is 5.73 Å². The van der Waals surface area contributed by atoms with Crippen molar-refractivity contribution in [3.05, 3.63) is 66.2 Å². The monoisotopic (exact) mass is 332 g/mol. The second kappa shape index (κ2) is 5.80. The van der Waals surface area contributed by atoms with Crippen LogP contribution in [0, 0.1) is 0 Å². The van der Waals surface area contributed by atoms with Crippen LogP contribution in [0.4, 0.5) is 13.2 Å². The Morgan fingerprint density at radius 3 is 2.38 bits per heavy atom. The second-order valence-electron chi connectivity index (χ2n) is 4.92. The van der Waals surface area contributed by atoms with Crippen LogP contribution in [-0.4, -0.2) is 20.7 Å². The van der Waals surface area contributed by atoms with Crippen molar-refractivity contribution in [2.45, 2.75) is 6.18 Å². The summed E-state index contributed by atoms with van der Waals surface area (Å²) < 4.78 is 42.0. The fourth-order valence-corrected chi connectivity index (χ4v) is 2.46. The van der Waals surface area contributed by atoms with Crippen molar-refractivity contribution in [2.75, 3.05) is 0 Å². The normalized spacial score (nSPS) is 11.5. The van der Waals surface area contributed by atoms with E-state index in [-0.39, 0.29) is 17.1 Å². The van der Waals surface area contributed by atoms with Crippen LogP contribution in [0.15, 0.2) is 54.9 Å². The second-order valence-corrected chi connectivity index (χ2v) is 4.92. The summed E-state index contributed by atoms with van der Waals surface area (Å²) in [6, 6.07) is 12.2. The van der Waals surface area contributed by atoms with Gasteiger partial charge in [-0.2, -0.15) is 18.3 Å². The molecule has 0 aliphatic rings. The first-order chi connectivity index (χ1) is 11.4. The van der Waals surface area contributed by atoms with Gasteiger partial charge in [0, 0.05) is 0 Å². The molecule has 0 atom stereocenters. The third-order valence-corrected chi connectivity index (χ3v) is 3.41. The molecule has 122 valence electrons. The maximum absolute atomic E-state index is 13.7. The number of aromatic nitrogens is 3. The summed E-state index contributed by atoms with van der Waals surface area (Å²) >= 11 is 0. The minimum absolute atomic E-state index is 0.0217. The molecule has 0 spiro atoms. The molecule has 1 heterocycles. The highest BCUT2D eigenvalue weighted by molar-refractivity contribution is 5.89. The lowest BCUT2D eigenvalue weighted by molar-refractivity contribution is -0.137. The van der Waals surface area contributed by atoms with Gasteiger partial charge in [0.2, 0.25) is 5.82 Å². The van der Waals surface area contributed by atoms with Crippen molar-refractivity contribution in [2.24, 2.45) is 5.73 Å². The Hall–Kier alpha value is -3.16. The minimum Gasteiger partial charge on any atom is -0.363 e. The molecule has 0 aliphatic heterocycles. The van der Waals surface area contributed by atoms with Gasteiger partial charge in [0.25, 0.3) is 5.91 Å². The number of amides is 1. The van der Waals surface area contributed by atoms with Crippen LogP contribution in [0.25, 0.3) is 16.8 Å². The third-order valence-electron chi connectivity index (χ3n) is 3.41. The van der Waals surface area contributed by atoms with Crippen LogP contribution in [0.3, 0.4) is 0 Å². The Morgan fingerprint density at radius 2 is 1.75 bits per heavy atom. The number of benzene rings is 2. The average molecular weight is 332 g/mol. The lowest BCUT2D eigenvalue weighted by Crippen LogP contribution is -2.21. The number of carbonyl (C=O) groups excluding carboxylic acids is 1. The highest BCUT2D eigenvalue weighted by atomic mass is 19.4. The fourth-order valence-electron chi connectivity index (χ4n) is 2.46. The molecule has 0 bridgehead atoms. The summed E-state index contributed by atoms with van der Waals surface area (Å²) in [5.41, 5.74) is 4.31. The summed E-state index contributed by atoms with van der Waals surface area (Å²) in [4.78, 5) is 15.0. The molecule has 3 aromatic rings. The van der Waals surface area contributed by atoms with E-state index < -0.39 is 17.6 Å². The molecular weight excluding hydrogens is 321 g/mol.